The Kier molecular flexibility index (Phi) is 5.92. The van der Waals surface area contributed by atoms with Crippen LogP contribution in [0.15, 0.2) is 48.7 Å². The zero-order valence-electron chi connectivity index (χ0n) is 17.5. The van der Waals surface area contributed by atoms with Gasteiger partial charge in [-0.3, -0.25) is 9.20 Å². The largest absolute Gasteiger partial charge is 0.416 e. The SMILES string of the molecule is C[C@H](CC(=O)Nc1c(-c2ccc(C(F)(F)F)cc2)nc2ccccn12)CC(C)(C)C. The highest BCUT2D eigenvalue weighted by molar-refractivity contribution is 5.94. The summed E-state index contributed by atoms with van der Waals surface area (Å²) in [4.78, 5) is 17.3. The van der Waals surface area contributed by atoms with E-state index in [1.807, 2.05) is 19.1 Å². The molecule has 1 aromatic carbocycles. The number of carbonyl (C=O) groups is 1. The van der Waals surface area contributed by atoms with Crippen LogP contribution >= 0.6 is 0 Å². The standard InChI is InChI=1S/C23H26F3N3O/c1-15(14-22(2,3)4)13-19(30)28-21-20(27-18-7-5-6-12-29(18)21)16-8-10-17(11-9-16)23(24,25)26/h5-12,15H,13-14H2,1-4H3,(H,28,30)/t15-/m1/s1. The molecule has 2 aromatic heterocycles. The molecule has 0 saturated heterocycles. The van der Waals surface area contributed by atoms with E-state index in [0.717, 1.165) is 18.6 Å². The second kappa shape index (κ2) is 8.13. The number of halogens is 3. The summed E-state index contributed by atoms with van der Waals surface area (Å²) < 4.78 is 40.4. The molecule has 0 spiro atoms. The summed E-state index contributed by atoms with van der Waals surface area (Å²) >= 11 is 0. The number of pyridine rings is 1. The molecule has 0 fully saturated rings. The van der Waals surface area contributed by atoms with Crippen molar-refractivity contribution < 1.29 is 18.0 Å². The molecule has 0 bridgehead atoms. The number of carbonyl (C=O) groups excluding carboxylic acids is 1. The van der Waals surface area contributed by atoms with Crippen LogP contribution < -0.4 is 5.32 Å². The summed E-state index contributed by atoms with van der Waals surface area (Å²) in [6.45, 7) is 8.44. The molecule has 1 amide bonds. The quantitative estimate of drug-likeness (QED) is 0.521. The molecule has 0 aliphatic rings. The summed E-state index contributed by atoms with van der Waals surface area (Å²) in [6, 6.07) is 10.2. The van der Waals surface area contributed by atoms with E-state index in [0.29, 0.717) is 29.1 Å². The number of benzene rings is 1. The number of fused-ring (bicyclic) bond motifs is 1. The molecule has 30 heavy (non-hydrogen) atoms. The highest BCUT2D eigenvalue weighted by Gasteiger charge is 2.30. The summed E-state index contributed by atoms with van der Waals surface area (Å²) in [7, 11) is 0. The lowest BCUT2D eigenvalue weighted by atomic mass is 9.84. The third-order valence-electron chi connectivity index (χ3n) is 4.77. The Morgan fingerprint density at radius 3 is 2.37 bits per heavy atom. The van der Waals surface area contributed by atoms with Crippen molar-refractivity contribution in [2.24, 2.45) is 11.3 Å². The van der Waals surface area contributed by atoms with E-state index < -0.39 is 11.7 Å². The highest BCUT2D eigenvalue weighted by Crippen LogP contribution is 2.34. The fourth-order valence-corrected chi connectivity index (χ4v) is 3.75. The van der Waals surface area contributed by atoms with Crippen LogP contribution in [0.1, 0.15) is 46.1 Å². The van der Waals surface area contributed by atoms with Gasteiger partial charge in [0, 0.05) is 18.2 Å². The van der Waals surface area contributed by atoms with Crippen LogP contribution in [0.2, 0.25) is 0 Å². The molecule has 0 unspecified atom stereocenters. The lowest BCUT2D eigenvalue weighted by Gasteiger charge is -2.22. The highest BCUT2D eigenvalue weighted by atomic mass is 19.4. The Morgan fingerprint density at radius 2 is 1.77 bits per heavy atom. The maximum atomic E-state index is 12.9. The summed E-state index contributed by atoms with van der Waals surface area (Å²) in [6.07, 6.45) is -1.38. The van der Waals surface area contributed by atoms with Crippen molar-refractivity contribution in [2.45, 2.75) is 46.7 Å². The third-order valence-corrected chi connectivity index (χ3v) is 4.77. The van der Waals surface area contributed by atoms with Gasteiger partial charge in [-0.05, 0) is 42.0 Å². The van der Waals surface area contributed by atoms with Gasteiger partial charge in [0.15, 0.2) is 0 Å². The minimum absolute atomic E-state index is 0.119. The van der Waals surface area contributed by atoms with Gasteiger partial charge >= 0.3 is 6.18 Å². The molecule has 0 saturated carbocycles. The fourth-order valence-electron chi connectivity index (χ4n) is 3.75. The normalized spacial score (nSPS) is 13.4. The van der Waals surface area contributed by atoms with Crippen LogP contribution in [0.4, 0.5) is 19.0 Å². The van der Waals surface area contributed by atoms with Gasteiger partial charge < -0.3 is 5.32 Å². The molecule has 1 atom stereocenters. The summed E-state index contributed by atoms with van der Waals surface area (Å²) in [5.74, 6) is 0.502. The number of hydrogen-bond donors (Lipinski definition) is 1. The third kappa shape index (κ3) is 5.20. The second-order valence-corrected chi connectivity index (χ2v) is 8.94. The van der Waals surface area contributed by atoms with E-state index in [9.17, 15) is 18.0 Å². The van der Waals surface area contributed by atoms with Gasteiger partial charge in [0.25, 0.3) is 0 Å². The number of rotatable bonds is 5. The van der Waals surface area contributed by atoms with E-state index in [1.54, 1.807) is 16.7 Å². The van der Waals surface area contributed by atoms with E-state index in [1.165, 1.54) is 12.1 Å². The number of amides is 1. The molecule has 0 aliphatic heterocycles. The van der Waals surface area contributed by atoms with Gasteiger partial charge in [-0.2, -0.15) is 13.2 Å². The van der Waals surface area contributed by atoms with Crippen LogP contribution in [0, 0.1) is 11.3 Å². The number of nitrogens with zero attached hydrogens (tertiary/aromatic N) is 2. The maximum absolute atomic E-state index is 12.9. The predicted octanol–water partition coefficient (Wildman–Crippen LogP) is 6.42. The molecule has 1 N–H and O–H groups in total. The van der Waals surface area contributed by atoms with Gasteiger partial charge in [0.2, 0.25) is 5.91 Å². The van der Waals surface area contributed by atoms with Crippen molar-refractivity contribution in [2.75, 3.05) is 5.32 Å². The van der Waals surface area contributed by atoms with Crippen molar-refractivity contribution in [1.82, 2.24) is 9.38 Å². The average molecular weight is 417 g/mol. The van der Waals surface area contributed by atoms with Crippen molar-refractivity contribution >= 4 is 17.4 Å². The minimum Gasteiger partial charge on any atom is -0.310 e. The Morgan fingerprint density at radius 1 is 1.10 bits per heavy atom. The van der Waals surface area contributed by atoms with Crippen LogP contribution in [-0.4, -0.2) is 15.3 Å². The number of imidazole rings is 1. The first-order valence-electron chi connectivity index (χ1n) is 9.88. The van der Waals surface area contributed by atoms with E-state index in [4.69, 9.17) is 0 Å². The molecular formula is C23H26F3N3O. The number of alkyl halides is 3. The lowest BCUT2D eigenvalue weighted by Crippen LogP contribution is -2.19. The number of nitrogens with one attached hydrogen (secondary N) is 1. The molecule has 2 heterocycles. The van der Waals surface area contributed by atoms with Crippen LogP contribution in [0.25, 0.3) is 16.9 Å². The Balaban J connectivity index is 1.91. The van der Waals surface area contributed by atoms with Gasteiger partial charge in [-0.25, -0.2) is 4.98 Å². The minimum atomic E-state index is -4.41. The maximum Gasteiger partial charge on any atom is 0.416 e. The first kappa shape index (κ1) is 21.9. The van der Waals surface area contributed by atoms with Crippen molar-refractivity contribution in [3.63, 3.8) is 0 Å². The Bertz CT molecular complexity index is 1030. The summed E-state index contributed by atoms with van der Waals surface area (Å²) in [5, 5.41) is 2.93. The first-order chi connectivity index (χ1) is 13.9. The smallest absolute Gasteiger partial charge is 0.310 e. The van der Waals surface area contributed by atoms with E-state index in [-0.39, 0.29) is 17.2 Å². The van der Waals surface area contributed by atoms with E-state index >= 15 is 0 Å². The molecule has 160 valence electrons. The van der Waals surface area contributed by atoms with Gasteiger partial charge in [-0.15, -0.1) is 0 Å². The zero-order valence-corrected chi connectivity index (χ0v) is 17.5. The molecule has 7 heteroatoms. The fraction of sp³-hybridized carbons (Fsp3) is 0.391. The molecule has 3 rings (SSSR count). The zero-order chi connectivity index (χ0) is 22.1. The van der Waals surface area contributed by atoms with Crippen LogP contribution in [0.5, 0.6) is 0 Å². The van der Waals surface area contributed by atoms with Crippen molar-refractivity contribution in [1.29, 1.82) is 0 Å². The van der Waals surface area contributed by atoms with Gasteiger partial charge in [0.1, 0.15) is 17.2 Å². The van der Waals surface area contributed by atoms with Crippen molar-refractivity contribution in [3.05, 3.63) is 54.2 Å². The molecule has 3 aromatic rings. The summed E-state index contributed by atoms with van der Waals surface area (Å²) in [5.41, 5.74) is 0.938. The Labute approximate surface area is 174 Å². The molecule has 0 radical (unpaired) electrons. The average Bonchev–Trinajstić information content (AvgIpc) is 2.98. The van der Waals surface area contributed by atoms with Gasteiger partial charge in [-0.1, -0.05) is 45.9 Å². The van der Waals surface area contributed by atoms with Gasteiger partial charge in [0.05, 0.1) is 5.56 Å². The monoisotopic (exact) mass is 417 g/mol. The molecule has 0 aliphatic carbocycles. The van der Waals surface area contributed by atoms with E-state index in [2.05, 4.69) is 31.1 Å². The molecular weight excluding hydrogens is 391 g/mol. The topological polar surface area (TPSA) is 46.4 Å². The van der Waals surface area contributed by atoms with Crippen LogP contribution in [-0.2, 0) is 11.0 Å². The number of hydrogen-bond acceptors (Lipinski definition) is 2. The van der Waals surface area contributed by atoms with Crippen molar-refractivity contribution in [3.8, 4) is 11.3 Å². The first-order valence-corrected chi connectivity index (χ1v) is 9.88. The number of aromatic nitrogens is 2. The lowest BCUT2D eigenvalue weighted by molar-refractivity contribution is -0.137. The molecule has 4 nitrogen and oxygen atoms in total. The second-order valence-electron chi connectivity index (χ2n) is 8.94. The predicted molar refractivity (Wildman–Crippen MR) is 112 cm³/mol. The number of anilines is 1. The van der Waals surface area contributed by atoms with Crippen LogP contribution in [0.3, 0.4) is 0 Å². The Hall–Kier alpha value is -2.83.